The molecule has 6 heteroatoms. The number of allylic oxidation sites excluding steroid dienone is 2. The summed E-state index contributed by atoms with van der Waals surface area (Å²) in [6.45, 7) is 3.55. The molecule has 0 radical (unpaired) electrons. The second-order valence-corrected chi connectivity index (χ2v) is 8.51. The Kier molecular flexibility index (Phi) is 5.06. The lowest BCUT2D eigenvalue weighted by molar-refractivity contribution is -0.133. The van der Waals surface area contributed by atoms with Crippen LogP contribution in [0, 0.1) is 12.8 Å². The summed E-state index contributed by atoms with van der Waals surface area (Å²) in [6.07, 6.45) is 6.90. The van der Waals surface area contributed by atoms with Crippen molar-refractivity contribution in [2.75, 3.05) is 26.2 Å². The molecule has 3 rings (SSSR count). The summed E-state index contributed by atoms with van der Waals surface area (Å²) in [6, 6.07) is 6.97. The average Bonchev–Trinajstić information content (AvgIpc) is 3.08. The van der Waals surface area contributed by atoms with Crippen LogP contribution in [-0.4, -0.2) is 49.7 Å². The van der Waals surface area contributed by atoms with E-state index in [1.54, 1.807) is 23.1 Å². The van der Waals surface area contributed by atoms with E-state index >= 15 is 0 Å². The summed E-state index contributed by atoms with van der Waals surface area (Å²) < 4.78 is 26.9. The second kappa shape index (κ2) is 7.07. The molecule has 130 valence electrons. The van der Waals surface area contributed by atoms with Gasteiger partial charge in [-0.2, -0.15) is 4.31 Å². The van der Waals surface area contributed by atoms with Crippen LogP contribution in [0.5, 0.6) is 0 Å². The summed E-state index contributed by atoms with van der Waals surface area (Å²) in [7, 11) is -3.47. The highest BCUT2D eigenvalue weighted by atomic mass is 32.2. The van der Waals surface area contributed by atoms with Crippen molar-refractivity contribution in [3.05, 3.63) is 42.0 Å². The van der Waals surface area contributed by atoms with Crippen molar-refractivity contribution in [2.45, 2.75) is 31.1 Å². The minimum atomic E-state index is -3.47. The first-order valence-corrected chi connectivity index (χ1v) is 9.92. The number of sulfonamides is 1. The minimum Gasteiger partial charge on any atom is -0.340 e. The fourth-order valence-corrected chi connectivity index (χ4v) is 4.85. The predicted octanol–water partition coefficient (Wildman–Crippen LogP) is 2.18. The molecule has 2 aliphatic rings. The lowest BCUT2D eigenvalue weighted by Crippen LogP contribution is -2.50. The molecule has 1 aliphatic carbocycles. The van der Waals surface area contributed by atoms with Crippen LogP contribution in [0.3, 0.4) is 0 Å². The lowest BCUT2D eigenvalue weighted by Gasteiger charge is -2.34. The van der Waals surface area contributed by atoms with Gasteiger partial charge in [0, 0.05) is 32.6 Å². The fourth-order valence-electron chi connectivity index (χ4n) is 3.32. The van der Waals surface area contributed by atoms with Crippen LogP contribution in [0.2, 0.25) is 0 Å². The largest absolute Gasteiger partial charge is 0.340 e. The van der Waals surface area contributed by atoms with Crippen molar-refractivity contribution in [3.8, 4) is 0 Å². The molecule has 1 aliphatic heterocycles. The third kappa shape index (κ3) is 3.70. The topological polar surface area (TPSA) is 57.7 Å². The maximum Gasteiger partial charge on any atom is 0.243 e. The third-order valence-electron chi connectivity index (χ3n) is 4.77. The molecule has 1 saturated heterocycles. The van der Waals surface area contributed by atoms with Crippen LogP contribution in [0.15, 0.2) is 41.3 Å². The van der Waals surface area contributed by atoms with E-state index in [1.807, 2.05) is 13.0 Å². The summed E-state index contributed by atoms with van der Waals surface area (Å²) >= 11 is 0. The number of hydrogen-bond donors (Lipinski definition) is 0. The quantitative estimate of drug-likeness (QED) is 0.784. The van der Waals surface area contributed by atoms with Crippen molar-refractivity contribution in [1.29, 1.82) is 0 Å². The first-order chi connectivity index (χ1) is 11.5. The predicted molar refractivity (Wildman–Crippen MR) is 93.0 cm³/mol. The maximum absolute atomic E-state index is 12.7. The molecule has 0 N–H and O–H groups in total. The molecule has 1 amide bonds. The number of benzene rings is 1. The smallest absolute Gasteiger partial charge is 0.243 e. The molecule has 0 spiro atoms. The van der Waals surface area contributed by atoms with E-state index in [4.69, 9.17) is 0 Å². The molecular formula is C18H24N2O3S. The Morgan fingerprint density at radius 3 is 2.58 bits per heavy atom. The van der Waals surface area contributed by atoms with Crippen molar-refractivity contribution in [3.63, 3.8) is 0 Å². The zero-order chi connectivity index (χ0) is 17.2. The van der Waals surface area contributed by atoms with Crippen molar-refractivity contribution < 1.29 is 13.2 Å². The maximum atomic E-state index is 12.7. The molecule has 0 bridgehead atoms. The lowest BCUT2D eigenvalue weighted by atomic mass is 10.0. The number of carbonyl (C=O) groups excluding carboxylic acids is 1. The molecule has 1 atom stereocenters. The molecule has 0 saturated carbocycles. The zero-order valence-electron chi connectivity index (χ0n) is 14.0. The van der Waals surface area contributed by atoms with E-state index in [0.717, 1.165) is 18.4 Å². The fraction of sp³-hybridized carbons (Fsp3) is 0.500. The van der Waals surface area contributed by atoms with Gasteiger partial charge < -0.3 is 4.90 Å². The minimum absolute atomic E-state index is 0.138. The van der Waals surface area contributed by atoms with Gasteiger partial charge in [0.25, 0.3) is 0 Å². The van der Waals surface area contributed by atoms with Gasteiger partial charge in [0.1, 0.15) is 0 Å². The van der Waals surface area contributed by atoms with Gasteiger partial charge in [-0.3, -0.25) is 4.79 Å². The molecule has 24 heavy (non-hydrogen) atoms. The Balaban J connectivity index is 1.60. The van der Waals surface area contributed by atoms with Crippen molar-refractivity contribution in [1.82, 2.24) is 9.21 Å². The summed E-state index contributed by atoms with van der Waals surface area (Å²) in [5.41, 5.74) is 0.925. The highest BCUT2D eigenvalue weighted by Crippen LogP contribution is 2.23. The molecule has 1 unspecified atom stereocenters. The van der Waals surface area contributed by atoms with Gasteiger partial charge in [0.15, 0.2) is 0 Å². The second-order valence-electron chi connectivity index (χ2n) is 6.57. The number of amides is 1. The number of piperazine rings is 1. The van der Waals surface area contributed by atoms with Gasteiger partial charge >= 0.3 is 0 Å². The summed E-state index contributed by atoms with van der Waals surface area (Å²) in [4.78, 5) is 14.5. The van der Waals surface area contributed by atoms with Crippen LogP contribution in [0.1, 0.15) is 24.8 Å². The highest BCUT2D eigenvalue weighted by molar-refractivity contribution is 7.89. The average molecular weight is 348 g/mol. The summed E-state index contributed by atoms with van der Waals surface area (Å²) in [5, 5.41) is 0. The first kappa shape index (κ1) is 17.2. The number of hydrogen-bond acceptors (Lipinski definition) is 3. The van der Waals surface area contributed by atoms with Crippen LogP contribution in [0.4, 0.5) is 0 Å². The molecule has 0 aromatic heterocycles. The Morgan fingerprint density at radius 2 is 1.96 bits per heavy atom. The SMILES string of the molecule is Cc1cccc(S(=O)(=O)N2CCN(C(=O)CC3C=CCC3)CC2)c1. The standard InChI is InChI=1S/C18H24N2O3S/c1-15-5-4-8-17(13-15)24(22,23)20-11-9-19(10-12-20)18(21)14-16-6-2-3-7-16/h2,4-6,8,13,16H,3,7,9-12,14H2,1H3. The first-order valence-electron chi connectivity index (χ1n) is 8.48. The molecule has 1 fully saturated rings. The highest BCUT2D eigenvalue weighted by Gasteiger charge is 2.30. The van der Waals surface area contributed by atoms with Crippen LogP contribution in [0.25, 0.3) is 0 Å². The van der Waals surface area contributed by atoms with Crippen LogP contribution in [-0.2, 0) is 14.8 Å². The number of nitrogens with zero attached hydrogens (tertiary/aromatic N) is 2. The van der Waals surface area contributed by atoms with Gasteiger partial charge in [-0.15, -0.1) is 0 Å². The molecule has 1 heterocycles. The normalized spacial score (nSPS) is 22.0. The van der Waals surface area contributed by atoms with Crippen molar-refractivity contribution in [2.24, 2.45) is 5.92 Å². The molecule has 5 nitrogen and oxygen atoms in total. The Hall–Kier alpha value is -1.66. The Bertz CT molecular complexity index is 734. The van der Waals surface area contributed by atoms with E-state index in [-0.39, 0.29) is 5.91 Å². The number of carbonyl (C=O) groups is 1. The van der Waals surface area contributed by atoms with E-state index in [1.165, 1.54) is 4.31 Å². The number of aryl methyl sites for hydroxylation is 1. The molecule has 1 aromatic rings. The van der Waals surface area contributed by atoms with Gasteiger partial charge in [0.2, 0.25) is 15.9 Å². The van der Waals surface area contributed by atoms with Gasteiger partial charge in [-0.05, 0) is 43.4 Å². The Labute approximate surface area is 144 Å². The number of rotatable bonds is 4. The zero-order valence-corrected chi connectivity index (χ0v) is 14.8. The third-order valence-corrected chi connectivity index (χ3v) is 6.66. The monoisotopic (exact) mass is 348 g/mol. The van der Waals surface area contributed by atoms with Crippen LogP contribution >= 0.6 is 0 Å². The van der Waals surface area contributed by atoms with Gasteiger partial charge in [0.05, 0.1) is 4.90 Å². The van der Waals surface area contributed by atoms with Crippen molar-refractivity contribution >= 4 is 15.9 Å². The molecule has 1 aromatic carbocycles. The molecular weight excluding hydrogens is 324 g/mol. The van der Waals surface area contributed by atoms with Gasteiger partial charge in [-0.25, -0.2) is 8.42 Å². The van der Waals surface area contributed by atoms with E-state index < -0.39 is 10.0 Å². The van der Waals surface area contributed by atoms with E-state index in [2.05, 4.69) is 12.2 Å². The van der Waals surface area contributed by atoms with E-state index in [0.29, 0.717) is 43.4 Å². The van der Waals surface area contributed by atoms with Crippen LogP contribution < -0.4 is 0 Å². The Morgan fingerprint density at radius 1 is 1.21 bits per heavy atom. The van der Waals surface area contributed by atoms with Gasteiger partial charge in [-0.1, -0.05) is 24.3 Å². The summed E-state index contributed by atoms with van der Waals surface area (Å²) in [5.74, 6) is 0.491. The van der Waals surface area contributed by atoms with E-state index in [9.17, 15) is 13.2 Å².